The molecule has 0 radical (unpaired) electrons. The quantitative estimate of drug-likeness (QED) is 0.899. The van der Waals surface area contributed by atoms with E-state index in [4.69, 9.17) is 21.6 Å². The second kappa shape index (κ2) is 5.94. The van der Waals surface area contributed by atoms with Crippen LogP contribution in [0.5, 0.6) is 5.75 Å². The van der Waals surface area contributed by atoms with E-state index in [9.17, 15) is 4.79 Å². The van der Waals surface area contributed by atoms with Gasteiger partial charge in [0.25, 0.3) is 0 Å². The Balaban J connectivity index is 2.04. The van der Waals surface area contributed by atoms with E-state index in [1.165, 1.54) is 7.11 Å². The minimum absolute atomic E-state index is 0.119. The summed E-state index contributed by atoms with van der Waals surface area (Å²) < 4.78 is 5.19. The van der Waals surface area contributed by atoms with Crippen molar-refractivity contribution in [1.29, 1.82) is 5.26 Å². The van der Waals surface area contributed by atoms with Crippen molar-refractivity contribution in [3.8, 4) is 11.8 Å². The number of amides is 1. The molecule has 1 aromatic rings. The van der Waals surface area contributed by atoms with Gasteiger partial charge in [-0.15, -0.1) is 0 Å². The molecule has 1 aliphatic rings. The van der Waals surface area contributed by atoms with Crippen LogP contribution in [0.4, 0.5) is 0 Å². The normalized spacial score (nSPS) is 15.4. The fourth-order valence-electron chi connectivity index (χ4n) is 1.97. The van der Waals surface area contributed by atoms with Gasteiger partial charge in [0.15, 0.2) is 0 Å². The number of hydrogen-bond donors (Lipinski definition) is 1. The van der Waals surface area contributed by atoms with Crippen LogP contribution in [0.3, 0.4) is 0 Å². The number of hydrogen-bond acceptors (Lipinski definition) is 3. The molecule has 1 aromatic carbocycles. The minimum Gasteiger partial charge on any atom is -0.496 e. The van der Waals surface area contributed by atoms with Crippen molar-refractivity contribution in [2.75, 3.05) is 7.11 Å². The summed E-state index contributed by atoms with van der Waals surface area (Å²) in [6.07, 6.45) is 2.13. The lowest BCUT2D eigenvalue weighted by Crippen LogP contribution is -2.36. The first-order chi connectivity index (χ1) is 9.15. The Kier molecular flexibility index (Phi) is 4.28. The van der Waals surface area contributed by atoms with E-state index >= 15 is 0 Å². The first-order valence-electron chi connectivity index (χ1n) is 6.16. The highest BCUT2D eigenvalue weighted by atomic mass is 35.5. The molecule has 19 heavy (non-hydrogen) atoms. The van der Waals surface area contributed by atoms with E-state index in [2.05, 4.69) is 11.4 Å². The molecule has 0 heterocycles. The lowest BCUT2D eigenvalue weighted by atomic mass is 10.1. The molecule has 1 atom stereocenters. The van der Waals surface area contributed by atoms with Crippen LogP contribution in [0.15, 0.2) is 18.2 Å². The molecule has 1 aliphatic carbocycles. The molecule has 5 heteroatoms. The molecule has 0 spiro atoms. The van der Waals surface area contributed by atoms with Gasteiger partial charge >= 0.3 is 0 Å². The lowest BCUT2D eigenvalue weighted by molar-refractivity contribution is -0.120. The zero-order valence-corrected chi connectivity index (χ0v) is 11.4. The summed E-state index contributed by atoms with van der Waals surface area (Å²) in [7, 11) is 1.54. The van der Waals surface area contributed by atoms with E-state index < -0.39 is 0 Å². The Bertz CT molecular complexity index is 521. The number of ether oxygens (including phenoxy) is 1. The molecular weight excluding hydrogens is 264 g/mol. The van der Waals surface area contributed by atoms with Gasteiger partial charge in [-0.2, -0.15) is 5.26 Å². The second-order valence-corrected chi connectivity index (χ2v) is 5.02. The Hall–Kier alpha value is -1.73. The smallest absolute Gasteiger partial charge is 0.225 e. The predicted molar refractivity (Wildman–Crippen MR) is 72.0 cm³/mol. The standard InChI is InChI=1S/C14H15ClN2O2/c1-19-13-4-2-3-11(15)10(13)7-14(18)17-12(8-16)9-5-6-9/h2-4,9,12H,5-7H2,1H3,(H,17,18)/t12-/m1/s1. The number of nitriles is 1. The van der Waals surface area contributed by atoms with E-state index in [0.717, 1.165) is 12.8 Å². The molecule has 0 aromatic heterocycles. The highest BCUT2D eigenvalue weighted by molar-refractivity contribution is 6.31. The summed E-state index contributed by atoms with van der Waals surface area (Å²) in [4.78, 5) is 12.0. The molecule has 1 fully saturated rings. The van der Waals surface area contributed by atoms with Crippen LogP contribution in [0.1, 0.15) is 18.4 Å². The Morgan fingerprint density at radius 3 is 2.95 bits per heavy atom. The molecule has 1 N–H and O–H groups in total. The summed E-state index contributed by atoms with van der Waals surface area (Å²) in [5.74, 6) is 0.689. The van der Waals surface area contributed by atoms with Crippen molar-refractivity contribution in [3.63, 3.8) is 0 Å². The van der Waals surface area contributed by atoms with Crippen LogP contribution in [-0.4, -0.2) is 19.1 Å². The van der Waals surface area contributed by atoms with Gasteiger partial charge in [-0.05, 0) is 30.9 Å². The summed E-state index contributed by atoms with van der Waals surface area (Å²) >= 11 is 6.07. The Morgan fingerprint density at radius 2 is 2.37 bits per heavy atom. The highest BCUT2D eigenvalue weighted by Crippen LogP contribution is 2.32. The van der Waals surface area contributed by atoms with Gasteiger partial charge in [0.05, 0.1) is 19.6 Å². The third kappa shape index (κ3) is 3.39. The van der Waals surface area contributed by atoms with E-state index in [0.29, 0.717) is 22.3 Å². The Labute approximate surface area is 117 Å². The number of nitrogens with zero attached hydrogens (tertiary/aromatic N) is 1. The number of methoxy groups -OCH3 is 1. The third-order valence-corrected chi connectivity index (χ3v) is 3.54. The summed E-state index contributed by atoms with van der Waals surface area (Å²) in [5, 5.41) is 12.2. The fraction of sp³-hybridized carbons (Fsp3) is 0.429. The molecule has 4 nitrogen and oxygen atoms in total. The van der Waals surface area contributed by atoms with Crippen molar-refractivity contribution in [3.05, 3.63) is 28.8 Å². The topological polar surface area (TPSA) is 62.1 Å². The molecule has 1 saturated carbocycles. The van der Waals surface area contributed by atoms with Gasteiger partial charge in [-0.3, -0.25) is 4.79 Å². The van der Waals surface area contributed by atoms with Crippen molar-refractivity contribution in [1.82, 2.24) is 5.32 Å². The van der Waals surface area contributed by atoms with Crippen LogP contribution in [0.2, 0.25) is 5.02 Å². The largest absolute Gasteiger partial charge is 0.496 e. The van der Waals surface area contributed by atoms with Gasteiger partial charge in [0, 0.05) is 10.6 Å². The zero-order chi connectivity index (χ0) is 13.8. The average Bonchev–Trinajstić information content (AvgIpc) is 3.22. The molecular formula is C14H15ClN2O2. The van der Waals surface area contributed by atoms with Crippen LogP contribution in [0.25, 0.3) is 0 Å². The maximum absolute atomic E-state index is 12.0. The van der Waals surface area contributed by atoms with Gasteiger partial charge in [0.2, 0.25) is 5.91 Å². The average molecular weight is 279 g/mol. The number of benzene rings is 1. The maximum Gasteiger partial charge on any atom is 0.225 e. The minimum atomic E-state index is -0.388. The van der Waals surface area contributed by atoms with Gasteiger partial charge in [-0.25, -0.2) is 0 Å². The summed E-state index contributed by atoms with van der Waals surface area (Å²) in [6, 6.07) is 6.99. The monoisotopic (exact) mass is 278 g/mol. The van der Waals surface area contributed by atoms with Crippen LogP contribution >= 0.6 is 11.6 Å². The third-order valence-electron chi connectivity index (χ3n) is 3.18. The first kappa shape index (κ1) is 13.7. The van der Waals surface area contributed by atoms with Gasteiger partial charge < -0.3 is 10.1 Å². The fourth-order valence-corrected chi connectivity index (χ4v) is 2.20. The van der Waals surface area contributed by atoms with Crippen LogP contribution in [-0.2, 0) is 11.2 Å². The second-order valence-electron chi connectivity index (χ2n) is 4.61. The Morgan fingerprint density at radius 1 is 1.63 bits per heavy atom. The molecule has 100 valence electrons. The molecule has 0 bridgehead atoms. The first-order valence-corrected chi connectivity index (χ1v) is 6.54. The molecule has 0 aliphatic heterocycles. The molecule has 0 unspecified atom stereocenters. The van der Waals surface area contributed by atoms with Gasteiger partial charge in [-0.1, -0.05) is 17.7 Å². The zero-order valence-electron chi connectivity index (χ0n) is 10.6. The van der Waals surface area contributed by atoms with Crippen LogP contribution in [0, 0.1) is 17.2 Å². The predicted octanol–water partition coefficient (Wildman–Crippen LogP) is 2.31. The highest BCUT2D eigenvalue weighted by Gasteiger charge is 2.32. The van der Waals surface area contributed by atoms with Gasteiger partial charge in [0.1, 0.15) is 11.8 Å². The molecule has 1 amide bonds. The lowest BCUT2D eigenvalue weighted by Gasteiger charge is -2.13. The molecule has 2 rings (SSSR count). The number of carbonyl (C=O) groups is 1. The number of carbonyl (C=O) groups excluding carboxylic acids is 1. The van der Waals surface area contributed by atoms with E-state index in [-0.39, 0.29) is 18.4 Å². The van der Waals surface area contributed by atoms with Crippen molar-refractivity contribution in [2.24, 2.45) is 5.92 Å². The van der Waals surface area contributed by atoms with Crippen molar-refractivity contribution < 1.29 is 9.53 Å². The number of halogens is 1. The SMILES string of the molecule is COc1cccc(Cl)c1CC(=O)N[C@H](C#N)C1CC1. The summed E-state index contributed by atoms with van der Waals surface area (Å²) in [6.45, 7) is 0. The number of rotatable bonds is 5. The van der Waals surface area contributed by atoms with Crippen molar-refractivity contribution in [2.45, 2.75) is 25.3 Å². The van der Waals surface area contributed by atoms with Crippen LogP contribution < -0.4 is 10.1 Å². The summed E-state index contributed by atoms with van der Waals surface area (Å²) in [5.41, 5.74) is 0.650. The maximum atomic E-state index is 12.0. The van der Waals surface area contributed by atoms with E-state index in [1.54, 1.807) is 18.2 Å². The van der Waals surface area contributed by atoms with E-state index in [1.807, 2.05) is 0 Å². The number of nitrogens with one attached hydrogen (secondary N) is 1. The molecule has 0 saturated heterocycles. The van der Waals surface area contributed by atoms with Crippen molar-refractivity contribution >= 4 is 17.5 Å².